The average molecular weight is 527 g/mol. The van der Waals surface area contributed by atoms with Crippen molar-refractivity contribution < 1.29 is 22.6 Å². The maximum atomic E-state index is 11.0. The Labute approximate surface area is 216 Å². The van der Waals surface area contributed by atoms with Crippen LogP contribution in [0.2, 0.25) is 0 Å². The lowest BCUT2D eigenvalue weighted by Crippen LogP contribution is -2.02. The maximum Gasteiger partial charge on any atom is 0.294 e. The van der Waals surface area contributed by atoms with Crippen LogP contribution in [0.25, 0.3) is 0 Å². The molecule has 0 fully saturated rings. The Morgan fingerprint density at radius 2 is 1.32 bits per heavy atom. The minimum absolute atomic E-state index is 0.0135. The summed E-state index contributed by atoms with van der Waals surface area (Å²) in [6.07, 6.45) is 6.45. The summed E-state index contributed by atoms with van der Waals surface area (Å²) in [5.74, 6) is 0.769. The van der Waals surface area contributed by atoms with Crippen LogP contribution < -0.4 is 10.1 Å². The second-order valence-corrected chi connectivity index (χ2v) is 9.78. The minimum atomic E-state index is -4.15. The molecule has 0 atom stereocenters. The van der Waals surface area contributed by atoms with E-state index in [9.17, 15) is 18.5 Å². The maximum absolute atomic E-state index is 11.0. The van der Waals surface area contributed by atoms with E-state index in [1.165, 1.54) is 24.3 Å². The zero-order chi connectivity index (χ0) is 26.5. The van der Waals surface area contributed by atoms with Gasteiger partial charge in [-0.2, -0.15) is 18.6 Å². The summed E-state index contributed by atoms with van der Waals surface area (Å²) in [6, 6.07) is 19.2. The van der Waals surface area contributed by atoms with Gasteiger partial charge in [0.15, 0.2) is 0 Å². The fraction of sp³-hybridized carbons (Fsp3) is 0.308. The fourth-order valence-corrected chi connectivity index (χ4v) is 3.95. The summed E-state index contributed by atoms with van der Waals surface area (Å²) < 4.78 is 36.9. The van der Waals surface area contributed by atoms with E-state index in [2.05, 4.69) is 15.5 Å². The molecule has 0 unspecified atom stereocenters. The molecule has 0 amide bonds. The molecule has 3 aromatic carbocycles. The third-order valence-corrected chi connectivity index (χ3v) is 6.37. The Hall–Kier alpha value is -3.83. The van der Waals surface area contributed by atoms with E-state index in [1.807, 2.05) is 12.1 Å². The van der Waals surface area contributed by atoms with Crippen LogP contribution >= 0.6 is 0 Å². The average Bonchev–Trinajstić information content (AvgIpc) is 2.89. The highest BCUT2D eigenvalue weighted by Gasteiger charge is 2.08. The number of azo groups is 1. The number of rotatable bonds is 15. The van der Waals surface area contributed by atoms with Gasteiger partial charge in [0.2, 0.25) is 0 Å². The van der Waals surface area contributed by atoms with Crippen molar-refractivity contribution in [1.82, 2.24) is 0 Å². The number of nitro benzene ring substituents is 1. The third-order valence-electron chi connectivity index (χ3n) is 5.50. The molecule has 0 saturated carbocycles. The predicted octanol–water partition coefficient (Wildman–Crippen LogP) is 7.09. The van der Waals surface area contributed by atoms with Crippen LogP contribution in [0, 0.1) is 10.1 Å². The molecule has 3 rings (SSSR count). The van der Waals surface area contributed by atoms with Gasteiger partial charge in [-0.3, -0.25) is 14.7 Å². The normalized spacial score (nSPS) is 11.5. The lowest BCUT2D eigenvalue weighted by Gasteiger charge is -2.08. The zero-order valence-corrected chi connectivity index (χ0v) is 21.1. The topological polar surface area (TPSA) is 143 Å². The first kappa shape index (κ1) is 27.8. The van der Waals surface area contributed by atoms with Gasteiger partial charge in [0, 0.05) is 24.4 Å². The number of benzene rings is 3. The molecule has 0 aliphatic heterocycles. The number of hydrogen-bond acceptors (Lipinski definition) is 8. The Balaban J connectivity index is 1.22. The second kappa shape index (κ2) is 14.0. The van der Waals surface area contributed by atoms with E-state index in [-0.39, 0.29) is 10.6 Å². The molecule has 37 heavy (non-hydrogen) atoms. The highest BCUT2D eigenvalue weighted by atomic mass is 32.2. The van der Waals surface area contributed by atoms with Gasteiger partial charge in [0.25, 0.3) is 15.8 Å². The standard InChI is InChI=1S/C26H30N4O6S/c31-30(32)24-13-7-22(8-14-24)28-29-23-9-15-25(16-10-23)36-20-6-4-2-1-3-5-19-27-21-11-17-26(18-12-21)37(33,34)35/h7-18,27H,1-6,19-20H2,(H,33,34,35). The van der Waals surface area contributed by atoms with Crippen LogP contribution in [0.15, 0.2) is 87.9 Å². The number of nitrogens with zero attached hydrogens (tertiary/aromatic N) is 3. The molecule has 0 heterocycles. The van der Waals surface area contributed by atoms with Crippen LogP contribution in [0.3, 0.4) is 0 Å². The number of non-ortho nitro benzene ring substituents is 1. The van der Waals surface area contributed by atoms with Crippen LogP contribution in [0.4, 0.5) is 22.7 Å². The van der Waals surface area contributed by atoms with Crippen LogP contribution in [-0.2, 0) is 10.1 Å². The second-order valence-electron chi connectivity index (χ2n) is 8.36. The van der Waals surface area contributed by atoms with Crippen molar-refractivity contribution in [1.29, 1.82) is 0 Å². The molecular weight excluding hydrogens is 496 g/mol. The van der Waals surface area contributed by atoms with Gasteiger partial charge < -0.3 is 10.1 Å². The van der Waals surface area contributed by atoms with Crippen molar-refractivity contribution in [3.05, 3.63) is 82.9 Å². The first-order chi connectivity index (χ1) is 17.8. The Morgan fingerprint density at radius 3 is 1.89 bits per heavy atom. The number of unbranched alkanes of at least 4 members (excludes halogenated alkanes) is 5. The molecule has 0 aromatic heterocycles. The van der Waals surface area contributed by atoms with Crippen molar-refractivity contribution in [3.8, 4) is 5.75 Å². The Kier molecular flexibility index (Phi) is 10.5. The van der Waals surface area contributed by atoms with Gasteiger partial charge in [-0.1, -0.05) is 25.7 Å². The van der Waals surface area contributed by atoms with Gasteiger partial charge >= 0.3 is 0 Å². The third kappa shape index (κ3) is 9.98. The predicted molar refractivity (Wildman–Crippen MR) is 142 cm³/mol. The monoisotopic (exact) mass is 526 g/mol. The van der Waals surface area contributed by atoms with Crippen molar-refractivity contribution >= 4 is 32.9 Å². The summed E-state index contributed by atoms with van der Waals surface area (Å²) in [5.41, 5.74) is 2.04. The molecule has 0 radical (unpaired) electrons. The van der Waals surface area contributed by atoms with E-state index < -0.39 is 15.0 Å². The molecule has 0 aliphatic rings. The summed E-state index contributed by atoms with van der Waals surface area (Å²) in [4.78, 5) is 10.1. The molecular formula is C26H30N4O6S. The molecule has 2 N–H and O–H groups in total. The van der Waals surface area contributed by atoms with Crippen LogP contribution in [-0.4, -0.2) is 31.0 Å². The number of hydrogen-bond donors (Lipinski definition) is 2. The summed E-state index contributed by atoms with van der Waals surface area (Å²) in [5, 5.41) is 22.2. The lowest BCUT2D eigenvalue weighted by atomic mass is 10.1. The molecule has 3 aromatic rings. The van der Waals surface area contributed by atoms with Crippen molar-refractivity contribution in [3.63, 3.8) is 0 Å². The SMILES string of the molecule is O=[N+]([O-])c1ccc(N=Nc2ccc(OCCCCCCCCNc3ccc(S(=O)(=O)O)cc3)cc2)cc1. The van der Waals surface area contributed by atoms with E-state index in [0.29, 0.717) is 18.0 Å². The highest BCUT2D eigenvalue weighted by molar-refractivity contribution is 7.85. The summed E-state index contributed by atoms with van der Waals surface area (Å²) in [7, 11) is -4.15. The van der Waals surface area contributed by atoms with Crippen molar-refractivity contribution in [2.45, 2.75) is 43.4 Å². The van der Waals surface area contributed by atoms with E-state index >= 15 is 0 Å². The minimum Gasteiger partial charge on any atom is -0.494 e. The van der Waals surface area contributed by atoms with Gasteiger partial charge in [-0.05, 0) is 73.5 Å². The van der Waals surface area contributed by atoms with Crippen LogP contribution in [0.1, 0.15) is 38.5 Å². The van der Waals surface area contributed by atoms with E-state index in [1.54, 1.807) is 36.4 Å². The molecule has 0 aliphatic carbocycles. The smallest absolute Gasteiger partial charge is 0.294 e. The lowest BCUT2D eigenvalue weighted by molar-refractivity contribution is -0.384. The number of anilines is 1. The van der Waals surface area contributed by atoms with Gasteiger partial charge in [-0.15, -0.1) is 0 Å². The van der Waals surface area contributed by atoms with Crippen LogP contribution in [0.5, 0.6) is 5.75 Å². The molecule has 0 bridgehead atoms. The molecule has 10 nitrogen and oxygen atoms in total. The van der Waals surface area contributed by atoms with Gasteiger partial charge in [-0.25, -0.2) is 0 Å². The molecule has 0 saturated heterocycles. The molecule has 11 heteroatoms. The molecule has 0 spiro atoms. The first-order valence-corrected chi connectivity index (χ1v) is 13.5. The van der Waals surface area contributed by atoms with Gasteiger partial charge in [0.05, 0.1) is 27.8 Å². The Bertz CT molecular complexity index is 1260. The number of ether oxygens (including phenoxy) is 1. The first-order valence-electron chi connectivity index (χ1n) is 12.0. The highest BCUT2D eigenvalue weighted by Crippen LogP contribution is 2.23. The fourth-order valence-electron chi connectivity index (χ4n) is 3.47. The van der Waals surface area contributed by atoms with Crippen molar-refractivity contribution in [2.24, 2.45) is 10.2 Å². The summed E-state index contributed by atoms with van der Waals surface area (Å²) in [6.45, 7) is 1.45. The Morgan fingerprint density at radius 1 is 0.784 bits per heavy atom. The largest absolute Gasteiger partial charge is 0.494 e. The van der Waals surface area contributed by atoms with E-state index in [0.717, 1.165) is 56.5 Å². The quantitative estimate of drug-likeness (QED) is 0.0707. The van der Waals surface area contributed by atoms with Crippen molar-refractivity contribution in [2.75, 3.05) is 18.5 Å². The van der Waals surface area contributed by atoms with Gasteiger partial charge in [0.1, 0.15) is 5.75 Å². The number of nitrogens with one attached hydrogen (secondary N) is 1. The van der Waals surface area contributed by atoms with E-state index in [4.69, 9.17) is 9.29 Å². The number of nitro groups is 1. The summed E-state index contributed by atoms with van der Waals surface area (Å²) >= 11 is 0. The zero-order valence-electron chi connectivity index (χ0n) is 20.3. The molecule has 196 valence electrons.